The van der Waals surface area contributed by atoms with Gasteiger partial charge in [-0.25, -0.2) is 0 Å². The number of carbonyl (C=O) groups excluding carboxylic acids is 2. The van der Waals surface area contributed by atoms with E-state index in [1.54, 1.807) is 0 Å². The van der Waals surface area contributed by atoms with Gasteiger partial charge >= 0.3 is 0 Å². The zero-order chi connectivity index (χ0) is 14.6. The number of rotatable bonds is 3. The van der Waals surface area contributed by atoms with Crippen LogP contribution in [0.2, 0.25) is 0 Å². The van der Waals surface area contributed by atoms with Crippen molar-refractivity contribution in [3.63, 3.8) is 0 Å². The Labute approximate surface area is 122 Å². The molecule has 0 spiro atoms. The van der Waals surface area contributed by atoms with E-state index < -0.39 is 6.04 Å². The summed E-state index contributed by atoms with van der Waals surface area (Å²) in [6.07, 6.45) is 1.48. The summed E-state index contributed by atoms with van der Waals surface area (Å²) in [4.78, 5) is 26.6. The predicted octanol–water partition coefficient (Wildman–Crippen LogP) is 0.882. The number of likely N-dealkylation sites (tertiary alicyclic amines) is 1. The molecular formula is C16H17NO4. The van der Waals surface area contributed by atoms with Crippen LogP contribution in [0, 0.1) is 11.8 Å². The van der Waals surface area contributed by atoms with Gasteiger partial charge in [0, 0.05) is 0 Å². The van der Waals surface area contributed by atoms with E-state index in [1.165, 1.54) is 4.90 Å². The van der Waals surface area contributed by atoms with Gasteiger partial charge in [0.15, 0.2) is 0 Å². The average Bonchev–Trinajstić information content (AvgIpc) is 3.18. The van der Waals surface area contributed by atoms with Crippen molar-refractivity contribution in [1.29, 1.82) is 0 Å². The first-order valence-corrected chi connectivity index (χ1v) is 7.40. The summed E-state index contributed by atoms with van der Waals surface area (Å²) in [7, 11) is 0. The minimum absolute atomic E-state index is 0.114. The molecule has 3 aliphatic rings. The Morgan fingerprint density at radius 2 is 1.67 bits per heavy atom. The number of aliphatic hydroxyl groups excluding tert-OH is 1. The molecule has 5 atom stereocenters. The van der Waals surface area contributed by atoms with Gasteiger partial charge in [-0.2, -0.15) is 0 Å². The fourth-order valence-corrected chi connectivity index (χ4v) is 4.05. The summed E-state index contributed by atoms with van der Waals surface area (Å²) in [6.45, 7) is -0.253. The molecule has 5 nitrogen and oxygen atoms in total. The summed E-state index contributed by atoms with van der Waals surface area (Å²) in [5, 5.41) is 9.71. The lowest BCUT2D eigenvalue weighted by molar-refractivity contribution is -0.146. The third-order valence-electron chi connectivity index (χ3n) is 4.99. The molecule has 0 saturated carbocycles. The van der Waals surface area contributed by atoms with Crippen molar-refractivity contribution in [3.8, 4) is 0 Å². The number of fused-ring (bicyclic) bond motifs is 5. The van der Waals surface area contributed by atoms with Crippen molar-refractivity contribution in [2.24, 2.45) is 11.8 Å². The maximum Gasteiger partial charge on any atom is 0.236 e. The van der Waals surface area contributed by atoms with Gasteiger partial charge < -0.3 is 9.84 Å². The smallest absolute Gasteiger partial charge is 0.236 e. The Kier molecular flexibility index (Phi) is 2.87. The zero-order valence-corrected chi connectivity index (χ0v) is 11.5. The van der Waals surface area contributed by atoms with E-state index in [1.807, 2.05) is 30.3 Å². The molecule has 4 rings (SSSR count). The number of carbonyl (C=O) groups is 2. The second kappa shape index (κ2) is 4.64. The van der Waals surface area contributed by atoms with Crippen LogP contribution in [0.15, 0.2) is 30.3 Å². The number of hydrogen-bond donors (Lipinski definition) is 1. The molecule has 21 heavy (non-hydrogen) atoms. The topological polar surface area (TPSA) is 66.8 Å². The Morgan fingerprint density at radius 3 is 2.19 bits per heavy atom. The molecule has 110 valence electrons. The van der Waals surface area contributed by atoms with Crippen LogP contribution in [0.5, 0.6) is 0 Å². The molecular weight excluding hydrogens is 270 g/mol. The Hall–Kier alpha value is -1.72. The monoisotopic (exact) mass is 287 g/mol. The largest absolute Gasteiger partial charge is 0.394 e. The zero-order valence-electron chi connectivity index (χ0n) is 11.5. The molecule has 3 heterocycles. The number of benzene rings is 1. The molecule has 0 radical (unpaired) electrons. The van der Waals surface area contributed by atoms with Crippen molar-refractivity contribution in [2.75, 3.05) is 6.61 Å². The lowest BCUT2D eigenvalue weighted by atomic mass is 9.81. The molecule has 0 aliphatic carbocycles. The van der Waals surface area contributed by atoms with Crippen LogP contribution in [0.4, 0.5) is 0 Å². The van der Waals surface area contributed by atoms with E-state index in [2.05, 4.69) is 0 Å². The molecule has 1 N–H and O–H groups in total. The van der Waals surface area contributed by atoms with E-state index >= 15 is 0 Å². The predicted molar refractivity (Wildman–Crippen MR) is 73.0 cm³/mol. The molecule has 1 aromatic rings. The number of aliphatic hydroxyl groups is 1. The van der Waals surface area contributed by atoms with Gasteiger partial charge in [-0.1, -0.05) is 30.3 Å². The van der Waals surface area contributed by atoms with Crippen LogP contribution in [0.25, 0.3) is 0 Å². The summed E-state index contributed by atoms with van der Waals surface area (Å²) >= 11 is 0. The standard InChI is InChI=1S/C16H17NO4/c18-8-10(9-4-2-1-3-5-9)17-15(19)13-11-6-7-12(21-11)14(13)16(17)20/h1-5,10-14,18H,6-8H2/t10-,11?,12?,13-,14?/m1/s1. The lowest BCUT2D eigenvalue weighted by Gasteiger charge is -2.26. The van der Waals surface area contributed by atoms with E-state index in [-0.39, 0.29) is 42.5 Å². The average molecular weight is 287 g/mol. The normalized spacial score (nSPS) is 35.4. The Bertz CT molecular complexity index is 559. The molecule has 3 fully saturated rings. The quantitative estimate of drug-likeness (QED) is 0.838. The SMILES string of the molecule is O=C1C2C3CCC(O3)[C@H]2C(=O)N1[C@H](CO)c1ccccc1. The second-order valence-electron chi connectivity index (χ2n) is 6.00. The molecule has 0 aromatic heterocycles. The Balaban J connectivity index is 1.69. The fourth-order valence-electron chi connectivity index (χ4n) is 4.05. The number of nitrogens with zero attached hydrogens (tertiary/aromatic N) is 1. The van der Waals surface area contributed by atoms with Crippen LogP contribution in [-0.4, -0.2) is 40.6 Å². The molecule has 5 heteroatoms. The third kappa shape index (κ3) is 1.71. The molecule has 3 aliphatic heterocycles. The van der Waals surface area contributed by atoms with E-state index in [0.717, 1.165) is 18.4 Å². The number of amides is 2. The van der Waals surface area contributed by atoms with Gasteiger partial charge in [-0.05, 0) is 18.4 Å². The number of imide groups is 1. The number of hydrogen-bond acceptors (Lipinski definition) is 4. The van der Waals surface area contributed by atoms with Gasteiger partial charge in [-0.15, -0.1) is 0 Å². The molecule has 3 unspecified atom stereocenters. The summed E-state index contributed by atoms with van der Waals surface area (Å²) in [5.41, 5.74) is 0.787. The van der Waals surface area contributed by atoms with Crippen molar-refractivity contribution >= 4 is 11.8 Å². The first-order chi connectivity index (χ1) is 10.2. The molecule has 2 amide bonds. The van der Waals surface area contributed by atoms with Crippen LogP contribution in [0.1, 0.15) is 24.4 Å². The highest BCUT2D eigenvalue weighted by Crippen LogP contribution is 2.50. The summed E-state index contributed by atoms with van der Waals surface area (Å²) in [6, 6.07) is 8.64. The Morgan fingerprint density at radius 1 is 1.10 bits per heavy atom. The minimum atomic E-state index is -0.587. The van der Waals surface area contributed by atoms with Crippen LogP contribution >= 0.6 is 0 Å². The lowest BCUT2D eigenvalue weighted by Crippen LogP contribution is -2.39. The van der Waals surface area contributed by atoms with Gasteiger partial charge in [0.1, 0.15) is 0 Å². The first-order valence-electron chi connectivity index (χ1n) is 7.40. The van der Waals surface area contributed by atoms with Gasteiger partial charge in [0.05, 0.1) is 36.7 Å². The van der Waals surface area contributed by atoms with Gasteiger partial charge in [0.25, 0.3) is 0 Å². The van der Waals surface area contributed by atoms with Crippen LogP contribution in [-0.2, 0) is 14.3 Å². The van der Waals surface area contributed by atoms with Gasteiger partial charge in [0.2, 0.25) is 11.8 Å². The van der Waals surface area contributed by atoms with Crippen molar-refractivity contribution < 1.29 is 19.4 Å². The van der Waals surface area contributed by atoms with E-state index in [9.17, 15) is 14.7 Å². The van der Waals surface area contributed by atoms with Crippen molar-refractivity contribution in [3.05, 3.63) is 35.9 Å². The van der Waals surface area contributed by atoms with E-state index in [0.29, 0.717) is 0 Å². The van der Waals surface area contributed by atoms with Crippen LogP contribution in [0.3, 0.4) is 0 Å². The van der Waals surface area contributed by atoms with Crippen LogP contribution < -0.4 is 0 Å². The summed E-state index contributed by atoms with van der Waals surface area (Å²) < 4.78 is 5.72. The van der Waals surface area contributed by atoms with E-state index in [4.69, 9.17) is 4.74 Å². The second-order valence-corrected chi connectivity index (χ2v) is 6.00. The maximum absolute atomic E-state index is 12.7. The number of ether oxygens (including phenoxy) is 1. The molecule has 2 bridgehead atoms. The fraction of sp³-hybridized carbons (Fsp3) is 0.500. The van der Waals surface area contributed by atoms with Crippen molar-refractivity contribution in [2.45, 2.75) is 31.1 Å². The van der Waals surface area contributed by atoms with Gasteiger partial charge in [-0.3, -0.25) is 14.5 Å². The summed E-state index contributed by atoms with van der Waals surface area (Å²) in [5.74, 6) is -1.04. The molecule has 1 aromatic carbocycles. The highest BCUT2D eigenvalue weighted by atomic mass is 16.5. The first kappa shape index (κ1) is 13.0. The third-order valence-corrected chi connectivity index (χ3v) is 4.99. The maximum atomic E-state index is 12.7. The molecule has 3 saturated heterocycles. The van der Waals surface area contributed by atoms with Crippen molar-refractivity contribution in [1.82, 2.24) is 4.90 Å². The minimum Gasteiger partial charge on any atom is -0.394 e. The highest BCUT2D eigenvalue weighted by Gasteiger charge is 2.63. The highest BCUT2D eigenvalue weighted by molar-refractivity contribution is 6.06.